The van der Waals surface area contributed by atoms with Crippen LogP contribution in [0, 0.1) is 0 Å². The van der Waals surface area contributed by atoms with Crippen molar-refractivity contribution >= 4 is 11.3 Å². The zero-order valence-corrected chi connectivity index (χ0v) is 13.5. The highest BCUT2D eigenvalue weighted by Gasteiger charge is 2.25. The van der Waals surface area contributed by atoms with Gasteiger partial charge in [0.1, 0.15) is 5.75 Å². The summed E-state index contributed by atoms with van der Waals surface area (Å²) in [4.78, 5) is 1.42. The molecule has 0 amide bonds. The van der Waals surface area contributed by atoms with Crippen LogP contribution in [0.4, 0.5) is 0 Å². The first kappa shape index (κ1) is 14.6. The molecule has 21 heavy (non-hydrogen) atoms. The highest BCUT2D eigenvalue weighted by Crippen LogP contribution is 2.33. The summed E-state index contributed by atoms with van der Waals surface area (Å²) < 4.78 is 0. The van der Waals surface area contributed by atoms with Crippen molar-refractivity contribution < 1.29 is 5.11 Å². The van der Waals surface area contributed by atoms with E-state index in [1.54, 1.807) is 6.07 Å². The van der Waals surface area contributed by atoms with Crippen molar-refractivity contribution in [1.82, 2.24) is 5.32 Å². The summed E-state index contributed by atoms with van der Waals surface area (Å²) >= 11 is 1.82. The van der Waals surface area contributed by atoms with E-state index in [1.807, 2.05) is 17.4 Å². The minimum absolute atomic E-state index is 0.141. The van der Waals surface area contributed by atoms with Crippen LogP contribution in [0.5, 0.6) is 5.75 Å². The molecule has 1 heterocycles. The number of phenols is 1. The van der Waals surface area contributed by atoms with Crippen LogP contribution in [-0.4, -0.2) is 11.7 Å². The van der Waals surface area contributed by atoms with E-state index in [1.165, 1.54) is 22.4 Å². The van der Waals surface area contributed by atoms with Crippen LogP contribution in [-0.2, 0) is 11.8 Å². The first-order valence-electron chi connectivity index (χ1n) is 7.65. The van der Waals surface area contributed by atoms with Gasteiger partial charge in [-0.15, -0.1) is 11.3 Å². The van der Waals surface area contributed by atoms with Gasteiger partial charge in [0, 0.05) is 22.9 Å². The molecule has 0 bridgehead atoms. The topological polar surface area (TPSA) is 32.3 Å². The van der Waals surface area contributed by atoms with Gasteiger partial charge in [-0.3, -0.25) is 0 Å². The van der Waals surface area contributed by atoms with Crippen molar-refractivity contribution in [2.75, 3.05) is 6.54 Å². The summed E-state index contributed by atoms with van der Waals surface area (Å²) in [6.45, 7) is 5.53. The molecule has 3 rings (SSSR count). The molecule has 1 aromatic carbocycles. The molecule has 1 unspecified atom stereocenters. The first-order valence-corrected chi connectivity index (χ1v) is 8.53. The molecule has 2 aromatic rings. The average molecular weight is 301 g/mol. The molecule has 1 aliphatic rings. The lowest BCUT2D eigenvalue weighted by atomic mass is 9.85. The number of thiophene rings is 1. The van der Waals surface area contributed by atoms with Gasteiger partial charge in [-0.05, 0) is 54.0 Å². The molecule has 0 fully saturated rings. The highest BCUT2D eigenvalue weighted by atomic mass is 32.1. The molecule has 3 heteroatoms. The monoisotopic (exact) mass is 301 g/mol. The van der Waals surface area contributed by atoms with Crippen LogP contribution >= 0.6 is 11.3 Å². The van der Waals surface area contributed by atoms with Gasteiger partial charge in [-0.2, -0.15) is 0 Å². The van der Waals surface area contributed by atoms with Crippen LogP contribution in [0.1, 0.15) is 48.7 Å². The zero-order chi connectivity index (χ0) is 14.9. The van der Waals surface area contributed by atoms with E-state index in [2.05, 4.69) is 42.7 Å². The number of aryl methyl sites for hydroxylation is 1. The Morgan fingerprint density at radius 1 is 1.33 bits per heavy atom. The largest absolute Gasteiger partial charge is 0.508 e. The zero-order valence-electron chi connectivity index (χ0n) is 12.7. The van der Waals surface area contributed by atoms with E-state index >= 15 is 0 Å². The Labute approximate surface area is 130 Å². The number of phenolic OH excluding ortho intramolecular Hbond substituents is 1. The van der Waals surface area contributed by atoms with Crippen LogP contribution in [0.3, 0.4) is 0 Å². The standard InChI is InChI=1S/C18H23NOS/c1-18(2,17-7-4-10-21-17)12-19-16-6-3-5-13-8-9-14(20)11-15(13)16/h4,7-11,16,19-20H,3,5-6,12H2,1-2H3. The van der Waals surface area contributed by atoms with Gasteiger partial charge >= 0.3 is 0 Å². The molecule has 0 spiro atoms. The Morgan fingerprint density at radius 3 is 2.95 bits per heavy atom. The third-order valence-electron chi connectivity index (χ3n) is 4.42. The molecule has 1 atom stereocenters. The van der Waals surface area contributed by atoms with E-state index in [0.29, 0.717) is 11.8 Å². The van der Waals surface area contributed by atoms with Gasteiger partial charge in [0.05, 0.1) is 0 Å². The van der Waals surface area contributed by atoms with Gasteiger partial charge < -0.3 is 10.4 Å². The second-order valence-electron chi connectivity index (χ2n) is 6.57. The maximum absolute atomic E-state index is 9.76. The van der Waals surface area contributed by atoms with Crippen molar-refractivity contribution in [2.45, 2.75) is 44.6 Å². The maximum Gasteiger partial charge on any atom is 0.115 e. The number of hydrogen-bond acceptors (Lipinski definition) is 3. The third kappa shape index (κ3) is 3.14. The number of hydrogen-bond donors (Lipinski definition) is 2. The summed E-state index contributed by atoms with van der Waals surface area (Å²) in [5.41, 5.74) is 2.80. The van der Waals surface area contributed by atoms with Gasteiger partial charge in [0.25, 0.3) is 0 Å². The molecule has 0 saturated carbocycles. The Hall–Kier alpha value is -1.32. The SMILES string of the molecule is CC(C)(CNC1CCCc2ccc(O)cc21)c1cccs1. The summed E-state index contributed by atoms with van der Waals surface area (Å²) in [6, 6.07) is 10.5. The molecular weight excluding hydrogens is 278 g/mol. The Kier molecular flexibility index (Phi) is 4.05. The predicted octanol–water partition coefficient (Wildman–Crippen LogP) is 4.40. The second kappa shape index (κ2) is 5.82. The normalized spacial score (nSPS) is 18.5. The molecule has 0 radical (unpaired) electrons. The fourth-order valence-electron chi connectivity index (χ4n) is 3.13. The second-order valence-corrected chi connectivity index (χ2v) is 7.52. The number of benzene rings is 1. The Morgan fingerprint density at radius 2 is 2.19 bits per heavy atom. The minimum atomic E-state index is 0.141. The van der Waals surface area contributed by atoms with Crippen molar-refractivity contribution in [2.24, 2.45) is 0 Å². The highest BCUT2D eigenvalue weighted by molar-refractivity contribution is 7.10. The van der Waals surface area contributed by atoms with Crippen LogP contribution in [0.25, 0.3) is 0 Å². The number of nitrogens with one attached hydrogen (secondary N) is 1. The van der Waals surface area contributed by atoms with E-state index < -0.39 is 0 Å². The third-order valence-corrected chi connectivity index (χ3v) is 5.66. The van der Waals surface area contributed by atoms with Crippen LogP contribution in [0.15, 0.2) is 35.7 Å². The van der Waals surface area contributed by atoms with E-state index in [4.69, 9.17) is 0 Å². The molecule has 1 aromatic heterocycles. The lowest BCUT2D eigenvalue weighted by Gasteiger charge is -2.31. The predicted molar refractivity (Wildman–Crippen MR) is 89.1 cm³/mol. The molecular formula is C18H23NOS. The molecule has 0 saturated heterocycles. The fourth-order valence-corrected chi connectivity index (χ4v) is 3.98. The summed E-state index contributed by atoms with van der Waals surface area (Å²) in [5.74, 6) is 0.375. The van der Waals surface area contributed by atoms with Gasteiger partial charge in [0.2, 0.25) is 0 Å². The molecule has 2 nitrogen and oxygen atoms in total. The van der Waals surface area contributed by atoms with Crippen molar-refractivity contribution in [3.63, 3.8) is 0 Å². The number of rotatable bonds is 4. The van der Waals surface area contributed by atoms with E-state index in [0.717, 1.165) is 19.4 Å². The lowest BCUT2D eigenvalue weighted by molar-refractivity contribution is 0.393. The molecule has 2 N–H and O–H groups in total. The molecule has 1 aliphatic carbocycles. The van der Waals surface area contributed by atoms with Gasteiger partial charge in [-0.1, -0.05) is 26.0 Å². The van der Waals surface area contributed by atoms with Crippen LogP contribution < -0.4 is 5.32 Å². The lowest BCUT2D eigenvalue weighted by Crippen LogP contribution is -2.36. The molecule has 0 aliphatic heterocycles. The number of fused-ring (bicyclic) bond motifs is 1. The minimum Gasteiger partial charge on any atom is -0.508 e. The van der Waals surface area contributed by atoms with Crippen LogP contribution in [0.2, 0.25) is 0 Å². The van der Waals surface area contributed by atoms with Crippen molar-refractivity contribution in [3.05, 3.63) is 51.7 Å². The Bertz CT molecular complexity index is 604. The summed E-state index contributed by atoms with van der Waals surface area (Å²) in [6.07, 6.45) is 3.49. The summed E-state index contributed by atoms with van der Waals surface area (Å²) in [5, 5.41) is 15.6. The quantitative estimate of drug-likeness (QED) is 0.877. The molecule has 112 valence electrons. The smallest absolute Gasteiger partial charge is 0.115 e. The van der Waals surface area contributed by atoms with Gasteiger partial charge in [-0.25, -0.2) is 0 Å². The number of aromatic hydroxyl groups is 1. The van der Waals surface area contributed by atoms with Gasteiger partial charge in [0.15, 0.2) is 0 Å². The van der Waals surface area contributed by atoms with E-state index in [-0.39, 0.29) is 5.41 Å². The Balaban J connectivity index is 1.74. The van der Waals surface area contributed by atoms with Crippen molar-refractivity contribution in [1.29, 1.82) is 0 Å². The first-order chi connectivity index (χ1) is 10.1. The maximum atomic E-state index is 9.76. The van der Waals surface area contributed by atoms with E-state index in [9.17, 15) is 5.11 Å². The van der Waals surface area contributed by atoms with Crippen molar-refractivity contribution in [3.8, 4) is 5.75 Å². The average Bonchev–Trinajstić information content (AvgIpc) is 3.00. The fraction of sp³-hybridized carbons (Fsp3) is 0.444. The summed E-state index contributed by atoms with van der Waals surface area (Å²) in [7, 11) is 0.